The molecule has 6 heterocycles. The standard InChI is InChI=1S/C28H32N7O2S/c1-32(37)25-17-20(19-38-25)18-33-13-7-21(8-14-33)28(36)34-15-9-22(10-16-34)35-26-24(6-4-12-30-26)31-27(35)23-5-2-3-11-29-23/h2-6,11-12,17,19,21-22,37H,1,7-10,13-16,18H2/q+1. The van der Waals surface area contributed by atoms with Crippen molar-refractivity contribution in [1.82, 2.24) is 29.3 Å². The molecule has 2 aliphatic heterocycles. The molecule has 2 aliphatic rings. The lowest BCUT2D eigenvalue weighted by atomic mass is 9.93. The van der Waals surface area contributed by atoms with Crippen LogP contribution in [0.25, 0.3) is 22.7 Å². The number of thiophene rings is 1. The van der Waals surface area contributed by atoms with Crippen LogP contribution in [0.3, 0.4) is 0 Å². The smallest absolute Gasteiger partial charge is 0.311 e. The third kappa shape index (κ3) is 4.93. The Morgan fingerprint density at radius 2 is 1.84 bits per heavy atom. The van der Waals surface area contributed by atoms with E-state index in [1.165, 1.54) is 16.9 Å². The van der Waals surface area contributed by atoms with Gasteiger partial charge < -0.3 is 9.47 Å². The van der Waals surface area contributed by atoms with Crippen molar-refractivity contribution in [3.63, 3.8) is 0 Å². The highest BCUT2D eigenvalue weighted by atomic mass is 32.1. The predicted octanol–water partition coefficient (Wildman–Crippen LogP) is 4.36. The van der Waals surface area contributed by atoms with E-state index >= 15 is 0 Å². The molecule has 2 saturated heterocycles. The third-order valence-corrected chi connectivity index (χ3v) is 8.71. The van der Waals surface area contributed by atoms with E-state index in [0.29, 0.717) is 5.91 Å². The van der Waals surface area contributed by atoms with Crippen LogP contribution in [-0.4, -0.2) is 78.1 Å². The average Bonchev–Trinajstić information content (AvgIpc) is 3.59. The molecule has 1 N–H and O–H groups in total. The van der Waals surface area contributed by atoms with E-state index < -0.39 is 0 Å². The van der Waals surface area contributed by atoms with Crippen molar-refractivity contribution in [2.24, 2.45) is 5.92 Å². The largest absolute Gasteiger partial charge is 0.342 e. The molecule has 0 atom stereocenters. The van der Waals surface area contributed by atoms with Gasteiger partial charge in [-0.3, -0.25) is 19.9 Å². The van der Waals surface area contributed by atoms with Gasteiger partial charge in [-0.25, -0.2) is 9.97 Å². The van der Waals surface area contributed by atoms with Crippen LogP contribution in [0.1, 0.15) is 37.3 Å². The summed E-state index contributed by atoms with van der Waals surface area (Å²) < 4.78 is 3.14. The van der Waals surface area contributed by atoms with Gasteiger partial charge in [0.25, 0.3) is 0 Å². The Hall–Kier alpha value is -3.63. The minimum Gasteiger partial charge on any atom is -0.342 e. The fraction of sp³-hybridized carbons (Fsp3) is 0.393. The summed E-state index contributed by atoms with van der Waals surface area (Å²) in [5.74, 6) is 1.23. The average molecular weight is 531 g/mol. The van der Waals surface area contributed by atoms with Crippen LogP contribution < -0.4 is 0 Å². The number of hydrogen-bond acceptors (Lipinski definition) is 7. The molecule has 2 fully saturated rings. The molecule has 0 spiro atoms. The second-order valence-corrected chi connectivity index (χ2v) is 11.1. The van der Waals surface area contributed by atoms with Crippen LogP contribution in [0.15, 0.2) is 54.2 Å². The number of piperidine rings is 2. The summed E-state index contributed by atoms with van der Waals surface area (Å²) in [6, 6.07) is 12.0. The molecule has 0 aromatic carbocycles. The zero-order valence-corrected chi connectivity index (χ0v) is 22.1. The number of imidazole rings is 1. The van der Waals surface area contributed by atoms with Crippen molar-refractivity contribution in [3.8, 4) is 11.5 Å². The second-order valence-electron chi connectivity index (χ2n) is 10.2. The van der Waals surface area contributed by atoms with E-state index in [1.807, 2.05) is 42.6 Å². The van der Waals surface area contributed by atoms with E-state index in [2.05, 4.69) is 36.4 Å². The Kier molecular flexibility index (Phi) is 6.90. The number of rotatable bonds is 6. The number of likely N-dealkylation sites (tertiary alicyclic amines) is 2. The highest BCUT2D eigenvalue weighted by Crippen LogP contribution is 2.33. The molecule has 1 amide bonds. The number of hydrogen-bond donors (Lipinski definition) is 1. The molecule has 10 heteroatoms. The lowest BCUT2D eigenvalue weighted by molar-refractivity contribution is -0.703. The van der Waals surface area contributed by atoms with Gasteiger partial charge in [0.15, 0.2) is 18.2 Å². The van der Waals surface area contributed by atoms with Crippen molar-refractivity contribution in [3.05, 3.63) is 59.7 Å². The maximum absolute atomic E-state index is 13.4. The van der Waals surface area contributed by atoms with Crippen LogP contribution in [0.5, 0.6) is 0 Å². The van der Waals surface area contributed by atoms with Crippen molar-refractivity contribution >= 4 is 40.1 Å². The Morgan fingerprint density at radius 3 is 2.55 bits per heavy atom. The number of carbonyl (C=O) groups is 1. The molecule has 0 saturated carbocycles. The fourth-order valence-corrected chi connectivity index (χ4v) is 6.49. The topological polar surface area (TPSA) is 90.4 Å². The summed E-state index contributed by atoms with van der Waals surface area (Å²) in [7, 11) is 0. The SMILES string of the molecule is C=[N+](O)c1cc(CN2CCC(C(=O)N3CCC(n4c(-c5ccccn5)nc5cccnc54)CC3)CC2)cs1. The van der Waals surface area contributed by atoms with Gasteiger partial charge in [-0.05, 0) is 68.6 Å². The minimum absolute atomic E-state index is 0.0911. The van der Waals surface area contributed by atoms with Gasteiger partial charge in [0.05, 0.1) is 0 Å². The molecule has 6 rings (SSSR count). The summed E-state index contributed by atoms with van der Waals surface area (Å²) >= 11 is 1.48. The highest BCUT2D eigenvalue weighted by Gasteiger charge is 2.33. The third-order valence-electron chi connectivity index (χ3n) is 7.72. The zero-order valence-electron chi connectivity index (χ0n) is 21.3. The molecule has 0 bridgehead atoms. The lowest BCUT2D eigenvalue weighted by Crippen LogP contribution is -2.45. The van der Waals surface area contributed by atoms with E-state index in [-0.39, 0.29) is 12.0 Å². The van der Waals surface area contributed by atoms with Crippen LogP contribution in [0.4, 0.5) is 5.00 Å². The highest BCUT2D eigenvalue weighted by molar-refractivity contribution is 7.13. The van der Waals surface area contributed by atoms with Gasteiger partial charge in [-0.2, -0.15) is 0 Å². The monoisotopic (exact) mass is 530 g/mol. The lowest BCUT2D eigenvalue weighted by Gasteiger charge is -2.37. The fourth-order valence-electron chi connectivity index (χ4n) is 5.73. The Morgan fingerprint density at radius 1 is 1.05 bits per heavy atom. The number of carbonyl (C=O) groups excluding carboxylic acids is 1. The first kappa shape index (κ1) is 24.7. The van der Waals surface area contributed by atoms with Gasteiger partial charge in [0.1, 0.15) is 11.2 Å². The first-order valence-corrected chi connectivity index (χ1v) is 14.1. The Balaban J connectivity index is 1.08. The van der Waals surface area contributed by atoms with Crippen molar-refractivity contribution < 1.29 is 14.7 Å². The number of nitrogens with zero attached hydrogens (tertiary/aromatic N) is 7. The summed E-state index contributed by atoms with van der Waals surface area (Å²) in [5.41, 5.74) is 3.77. The van der Waals surface area contributed by atoms with Crippen LogP contribution in [0, 0.1) is 5.92 Å². The van der Waals surface area contributed by atoms with E-state index in [0.717, 1.165) is 90.8 Å². The second kappa shape index (κ2) is 10.6. The van der Waals surface area contributed by atoms with Gasteiger partial charge in [0.2, 0.25) is 5.91 Å². The molecule has 0 aliphatic carbocycles. The van der Waals surface area contributed by atoms with Crippen LogP contribution in [-0.2, 0) is 11.3 Å². The quantitative estimate of drug-likeness (QED) is 0.172. The first-order chi connectivity index (χ1) is 18.6. The maximum Gasteiger partial charge on any atom is 0.311 e. The normalized spacial score (nSPS) is 17.7. The summed E-state index contributed by atoms with van der Waals surface area (Å²) in [5, 5.41) is 12.3. The minimum atomic E-state index is 0.0911. The molecule has 0 radical (unpaired) electrons. The Bertz CT molecular complexity index is 1430. The van der Waals surface area contributed by atoms with Crippen molar-refractivity contribution in [1.29, 1.82) is 0 Å². The van der Waals surface area contributed by atoms with Crippen molar-refractivity contribution in [2.75, 3.05) is 26.2 Å². The van der Waals surface area contributed by atoms with Gasteiger partial charge in [-0.15, -0.1) is 0 Å². The summed E-state index contributed by atoms with van der Waals surface area (Å²) in [4.78, 5) is 31.9. The summed E-state index contributed by atoms with van der Waals surface area (Å²) in [6.45, 7) is 7.67. The van der Waals surface area contributed by atoms with Crippen molar-refractivity contribution in [2.45, 2.75) is 38.3 Å². The number of aromatic nitrogens is 4. The molecular weight excluding hydrogens is 498 g/mol. The molecule has 0 unspecified atom stereocenters. The Labute approximate surface area is 225 Å². The summed E-state index contributed by atoms with van der Waals surface area (Å²) in [6.07, 6.45) is 7.13. The van der Waals surface area contributed by atoms with E-state index in [9.17, 15) is 10.0 Å². The molecule has 196 valence electrons. The predicted molar refractivity (Wildman–Crippen MR) is 147 cm³/mol. The molecule has 4 aromatic heterocycles. The van der Waals surface area contributed by atoms with Gasteiger partial charge in [0, 0.05) is 60.2 Å². The number of fused-ring (bicyclic) bond motifs is 1. The zero-order chi connectivity index (χ0) is 26.1. The van der Waals surface area contributed by atoms with Crippen LogP contribution >= 0.6 is 11.3 Å². The molecule has 4 aromatic rings. The maximum atomic E-state index is 13.4. The number of pyridine rings is 2. The van der Waals surface area contributed by atoms with Gasteiger partial charge >= 0.3 is 5.00 Å². The molecular formula is C28H32N7O2S+. The first-order valence-electron chi connectivity index (χ1n) is 13.2. The van der Waals surface area contributed by atoms with Crippen LogP contribution in [0.2, 0.25) is 0 Å². The van der Waals surface area contributed by atoms with E-state index in [1.54, 1.807) is 6.20 Å². The van der Waals surface area contributed by atoms with Gasteiger partial charge in [-0.1, -0.05) is 17.4 Å². The molecule has 38 heavy (non-hydrogen) atoms. The number of amides is 1. The molecule has 9 nitrogen and oxygen atoms in total. The van der Waals surface area contributed by atoms with E-state index in [4.69, 9.17) is 4.98 Å².